The van der Waals surface area contributed by atoms with Crippen LogP contribution in [0.1, 0.15) is 13.8 Å². The third-order valence-electron chi connectivity index (χ3n) is 1.14. The minimum Gasteiger partial charge on any atom is -0.369 e. The van der Waals surface area contributed by atoms with Crippen LogP contribution < -0.4 is 4.84 Å². The number of halogens is 1. The Balaban J connectivity index is 3.97. The summed E-state index contributed by atoms with van der Waals surface area (Å²) in [5.41, 5.74) is -0.832. The van der Waals surface area contributed by atoms with Gasteiger partial charge in [-0.2, -0.15) is 0 Å². The number of carbonyl (C=O) groups excluding carboxylic acids is 1. The molecule has 0 spiro atoms. The van der Waals surface area contributed by atoms with E-state index in [9.17, 15) is 4.79 Å². The van der Waals surface area contributed by atoms with Crippen LogP contribution in [-0.2, 0) is 9.53 Å². The Labute approximate surface area is 59.4 Å². The molecule has 4 heteroatoms. The fourth-order valence-corrected chi connectivity index (χ4v) is 0.434. The summed E-state index contributed by atoms with van der Waals surface area (Å²) in [5.74, 6) is -0.341. The van der Waals surface area contributed by atoms with Crippen molar-refractivity contribution in [2.75, 3.05) is 7.11 Å². The van der Waals surface area contributed by atoms with Crippen molar-refractivity contribution in [2.24, 2.45) is 0 Å². The Bertz CT molecular complexity index is 114. The van der Waals surface area contributed by atoms with E-state index < -0.39 is 5.60 Å². The monoisotopic (exact) mass is 151 g/mol. The number of hydrogen-bond acceptors (Lipinski definition) is 2. The topological polar surface area (TPSA) is 38.3 Å². The minimum atomic E-state index is -0.832. The average molecular weight is 152 g/mol. The van der Waals surface area contributed by atoms with Crippen molar-refractivity contribution in [1.29, 1.82) is 0 Å². The number of ether oxygens (including phenoxy) is 1. The molecule has 0 atom stereocenters. The smallest absolute Gasteiger partial charge is 0.265 e. The summed E-state index contributed by atoms with van der Waals surface area (Å²) in [7, 11) is 1.45. The van der Waals surface area contributed by atoms with Crippen molar-refractivity contribution in [1.82, 2.24) is 4.84 Å². The van der Waals surface area contributed by atoms with Gasteiger partial charge in [-0.1, -0.05) is 0 Å². The van der Waals surface area contributed by atoms with Gasteiger partial charge in [-0.05, 0) is 13.8 Å². The number of hydrogen-bond donors (Lipinski definition) is 1. The van der Waals surface area contributed by atoms with Crippen LogP contribution in [0.25, 0.3) is 0 Å². The van der Waals surface area contributed by atoms with Crippen LogP contribution in [0.3, 0.4) is 0 Å². The Morgan fingerprint density at radius 3 is 2.22 bits per heavy atom. The first-order valence-electron chi connectivity index (χ1n) is 2.51. The van der Waals surface area contributed by atoms with E-state index in [1.165, 1.54) is 7.11 Å². The lowest BCUT2D eigenvalue weighted by Crippen LogP contribution is -2.39. The van der Waals surface area contributed by atoms with Gasteiger partial charge in [0.2, 0.25) is 0 Å². The number of carbonyl (C=O) groups is 1. The van der Waals surface area contributed by atoms with Gasteiger partial charge >= 0.3 is 0 Å². The molecule has 0 unspecified atom stereocenters. The highest BCUT2D eigenvalue weighted by Crippen LogP contribution is 2.06. The maximum atomic E-state index is 10.7. The lowest BCUT2D eigenvalue weighted by Gasteiger charge is -2.18. The van der Waals surface area contributed by atoms with Crippen LogP contribution in [-0.4, -0.2) is 18.6 Å². The second-order valence-corrected chi connectivity index (χ2v) is 2.33. The molecule has 0 saturated heterocycles. The molecule has 0 saturated carbocycles. The molecular formula is C5H10ClNO2. The quantitative estimate of drug-likeness (QED) is 0.590. The van der Waals surface area contributed by atoms with Gasteiger partial charge in [0.25, 0.3) is 5.91 Å². The standard InChI is InChI=1S/C5H10ClNO2/c1-5(2,9-3)4(8)7-6/h1-3H3,(H,7,8). The fourth-order valence-electron chi connectivity index (χ4n) is 0.206. The largest absolute Gasteiger partial charge is 0.369 e. The molecule has 1 N–H and O–H groups in total. The summed E-state index contributed by atoms with van der Waals surface area (Å²) in [4.78, 5) is 12.7. The second kappa shape index (κ2) is 3.03. The SMILES string of the molecule is COC(C)(C)C(=O)NCl. The third-order valence-corrected chi connectivity index (χ3v) is 1.31. The van der Waals surface area contributed by atoms with Crippen LogP contribution in [0.4, 0.5) is 0 Å². The fraction of sp³-hybridized carbons (Fsp3) is 0.800. The molecule has 3 nitrogen and oxygen atoms in total. The number of methoxy groups -OCH3 is 1. The number of nitrogens with one attached hydrogen (secondary N) is 1. The molecule has 0 aromatic rings. The van der Waals surface area contributed by atoms with Crippen molar-refractivity contribution < 1.29 is 9.53 Å². The van der Waals surface area contributed by atoms with Crippen molar-refractivity contribution in [3.05, 3.63) is 0 Å². The van der Waals surface area contributed by atoms with E-state index in [0.717, 1.165) is 0 Å². The van der Waals surface area contributed by atoms with E-state index in [-0.39, 0.29) is 5.91 Å². The molecule has 0 radical (unpaired) electrons. The summed E-state index contributed by atoms with van der Waals surface area (Å²) in [6.07, 6.45) is 0. The Hall–Kier alpha value is -0.280. The molecular weight excluding hydrogens is 142 g/mol. The van der Waals surface area contributed by atoms with E-state index in [1.807, 2.05) is 4.84 Å². The van der Waals surface area contributed by atoms with Gasteiger partial charge in [0.15, 0.2) is 0 Å². The first-order chi connectivity index (χ1) is 4.04. The van der Waals surface area contributed by atoms with E-state index in [4.69, 9.17) is 16.5 Å². The lowest BCUT2D eigenvalue weighted by molar-refractivity contribution is -0.137. The highest BCUT2D eigenvalue weighted by molar-refractivity contribution is 6.22. The van der Waals surface area contributed by atoms with Gasteiger partial charge in [-0.25, -0.2) is 0 Å². The summed E-state index contributed by atoms with van der Waals surface area (Å²) in [5, 5.41) is 0. The van der Waals surface area contributed by atoms with E-state index in [2.05, 4.69) is 0 Å². The predicted molar refractivity (Wildman–Crippen MR) is 35.1 cm³/mol. The van der Waals surface area contributed by atoms with Crippen LogP contribution in [0, 0.1) is 0 Å². The highest BCUT2D eigenvalue weighted by Gasteiger charge is 2.25. The molecule has 0 heterocycles. The molecule has 0 aliphatic carbocycles. The van der Waals surface area contributed by atoms with Crippen molar-refractivity contribution in [3.63, 3.8) is 0 Å². The van der Waals surface area contributed by atoms with Crippen molar-refractivity contribution in [3.8, 4) is 0 Å². The number of amides is 1. The second-order valence-electron chi connectivity index (χ2n) is 2.14. The van der Waals surface area contributed by atoms with Gasteiger partial charge < -0.3 is 4.74 Å². The lowest BCUT2D eigenvalue weighted by atomic mass is 10.1. The maximum absolute atomic E-state index is 10.7. The average Bonchev–Trinajstić information content (AvgIpc) is 1.86. The van der Waals surface area contributed by atoms with Gasteiger partial charge in [0, 0.05) is 18.9 Å². The molecule has 0 aromatic carbocycles. The highest BCUT2D eigenvalue weighted by atomic mass is 35.5. The van der Waals surface area contributed by atoms with Gasteiger partial charge in [0.05, 0.1) is 0 Å². The minimum absolute atomic E-state index is 0.341. The molecule has 0 aliphatic rings. The Kier molecular flexibility index (Phi) is 2.94. The van der Waals surface area contributed by atoms with Gasteiger partial charge in [-0.15, -0.1) is 0 Å². The molecule has 0 bridgehead atoms. The molecule has 9 heavy (non-hydrogen) atoms. The van der Waals surface area contributed by atoms with Crippen LogP contribution >= 0.6 is 11.8 Å². The van der Waals surface area contributed by atoms with Gasteiger partial charge in [-0.3, -0.25) is 9.63 Å². The van der Waals surface area contributed by atoms with Crippen LogP contribution in [0.2, 0.25) is 0 Å². The van der Waals surface area contributed by atoms with Crippen LogP contribution in [0.5, 0.6) is 0 Å². The summed E-state index contributed by atoms with van der Waals surface area (Å²) in [6.45, 7) is 3.26. The van der Waals surface area contributed by atoms with Crippen molar-refractivity contribution in [2.45, 2.75) is 19.4 Å². The first-order valence-corrected chi connectivity index (χ1v) is 2.88. The summed E-state index contributed by atoms with van der Waals surface area (Å²) >= 11 is 5.04. The molecule has 0 aliphatic heterocycles. The van der Waals surface area contributed by atoms with Crippen LogP contribution in [0.15, 0.2) is 0 Å². The Morgan fingerprint density at radius 1 is 1.67 bits per heavy atom. The molecule has 0 aromatic heterocycles. The molecule has 0 rings (SSSR count). The van der Waals surface area contributed by atoms with Crippen molar-refractivity contribution >= 4 is 17.7 Å². The first kappa shape index (κ1) is 8.72. The molecule has 54 valence electrons. The normalized spacial score (nSPS) is 11.1. The molecule has 0 fully saturated rings. The molecule has 1 amide bonds. The summed E-state index contributed by atoms with van der Waals surface area (Å²) in [6, 6.07) is 0. The predicted octanol–water partition coefficient (Wildman–Crippen LogP) is 0.681. The maximum Gasteiger partial charge on any atom is 0.265 e. The van der Waals surface area contributed by atoms with E-state index >= 15 is 0 Å². The van der Waals surface area contributed by atoms with Gasteiger partial charge in [0.1, 0.15) is 5.60 Å². The zero-order chi connectivity index (χ0) is 7.49. The summed E-state index contributed by atoms with van der Waals surface area (Å²) < 4.78 is 4.79. The number of rotatable bonds is 2. The zero-order valence-electron chi connectivity index (χ0n) is 5.69. The van der Waals surface area contributed by atoms with E-state index in [0.29, 0.717) is 0 Å². The van der Waals surface area contributed by atoms with E-state index in [1.54, 1.807) is 13.8 Å². The zero-order valence-corrected chi connectivity index (χ0v) is 6.45. The Morgan fingerprint density at radius 2 is 2.11 bits per heavy atom. The third kappa shape index (κ3) is 2.20.